The zero-order valence-corrected chi connectivity index (χ0v) is 14.9. The number of nitrogens with zero attached hydrogens (tertiary/aromatic N) is 2. The van der Waals surface area contributed by atoms with Crippen LogP contribution in [0, 0.1) is 0 Å². The fraction of sp³-hybridized carbons (Fsp3) is 0. The minimum Gasteiger partial charge on any atom is -0.507 e. The molecular weight excluding hydrogens is 350 g/mol. The van der Waals surface area contributed by atoms with E-state index in [0.717, 1.165) is 16.5 Å². The van der Waals surface area contributed by atoms with E-state index < -0.39 is 0 Å². The summed E-state index contributed by atoms with van der Waals surface area (Å²) in [5.74, 6) is -0.247. The number of hydrazone groups is 1. The second kappa shape index (κ2) is 7.72. The molecule has 0 aliphatic carbocycles. The molecule has 2 N–H and O–H groups in total. The first-order valence-electron chi connectivity index (χ1n) is 8.79. The second-order valence-corrected chi connectivity index (χ2v) is 6.20. The lowest BCUT2D eigenvalue weighted by molar-refractivity contribution is 0.0956. The highest BCUT2D eigenvalue weighted by Crippen LogP contribution is 2.24. The maximum absolute atomic E-state index is 12.8. The molecule has 0 unspecified atom stereocenters. The normalized spacial score (nSPS) is 11.0. The van der Waals surface area contributed by atoms with E-state index in [1.165, 1.54) is 6.21 Å². The Morgan fingerprint density at radius 1 is 0.929 bits per heavy atom. The summed E-state index contributed by atoms with van der Waals surface area (Å²) in [6.07, 6.45) is 1.41. The molecule has 136 valence electrons. The van der Waals surface area contributed by atoms with Crippen molar-refractivity contribution in [2.24, 2.45) is 5.10 Å². The number of amides is 1. The van der Waals surface area contributed by atoms with Gasteiger partial charge in [-0.25, -0.2) is 10.4 Å². The zero-order valence-electron chi connectivity index (χ0n) is 14.9. The van der Waals surface area contributed by atoms with Crippen LogP contribution in [0.4, 0.5) is 0 Å². The largest absolute Gasteiger partial charge is 0.507 e. The van der Waals surface area contributed by atoms with E-state index in [2.05, 4.69) is 15.5 Å². The number of aromatic hydroxyl groups is 1. The third kappa shape index (κ3) is 3.59. The van der Waals surface area contributed by atoms with Crippen LogP contribution in [0.5, 0.6) is 5.75 Å². The maximum Gasteiger partial charge on any atom is 0.272 e. The fourth-order valence-electron chi connectivity index (χ4n) is 2.94. The molecule has 1 heterocycles. The lowest BCUT2D eigenvalue weighted by Crippen LogP contribution is -2.18. The van der Waals surface area contributed by atoms with E-state index in [0.29, 0.717) is 16.8 Å². The van der Waals surface area contributed by atoms with Gasteiger partial charge in [-0.3, -0.25) is 4.79 Å². The van der Waals surface area contributed by atoms with Crippen LogP contribution in [0.15, 0.2) is 90.0 Å². The van der Waals surface area contributed by atoms with Gasteiger partial charge in [-0.2, -0.15) is 5.10 Å². The number of pyridine rings is 1. The first-order chi connectivity index (χ1) is 13.7. The molecular formula is C23H17N3O2. The van der Waals surface area contributed by atoms with Gasteiger partial charge in [-0.1, -0.05) is 60.7 Å². The van der Waals surface area contributed by atoms with E-state index in [4.69, 9.17) is 0 Å². The van der Waals surface area contributed by atoms with E-state index in [1.54, 1.807) is 30.3 Å². The van der Waals surface area contributed by atoms with Crippen molar-refractivity contribution in [2.75, 3.05) is 0 Å². The van der Waals surface area contributed by atoms with E-state index in [9.17, 15) is 9.90 Å². The molecule has 1 amide bonds. The lowest BCUT2D eigenvalue weighted by atomic mass is 10.0. The average Bonchev–Trinajstić information content (AvgIpc) is 2.75. The van der Waals surface area contributed by atoms with Crippen molar-refractivity contribution in [3.05, 3.63) is 96.1 Å². The quantitative estimate of drug-likeness (QED) is 0.415. The van der Waals surface area contributed by atoms with E-state index >= 15 is 0 Å². The van der Waals surface area contributed by atoms with Gasteiger partial charge in [0.1, 0.15) is 5.75 Å². The molecule has 0 saturated carbocycles. The first kappa shape index (κ1) is 17.4. The molecule has 28 heavy (non-hydrogen) atoms. The number of carbonyl (C=O) groups is 1. The summed E-state index contributed by atoms with van der Waals surface area (Å²) >= 11 is 0. The van der Waals surface area contributed by atoms with E-state index in [-0.39, 0.29) is 11.7 Å². The summed E-state index contributed by atoms with van der Waals surface area (Å²) in [5, 5.41) is 14.5. The van der Waals surface area contributed by atoms with Gasteiger partial charge in [0.2, 0.25) is 0 Å². The van der Waals surface area contributed by atoms with Crippen molar-refractivity contribution in [2.45, 2.75) is 0 Å². The van der Waals surface area contributed by atoms with Gasteiger partial charge in [0.15, 0.2) is 0 Å². The summed E-state index contributed by atoms with van der Waals surface area (Å²) in [5.41, 5.74) is 5.93. The SMILES string of the molecule is O=C(N/N=C\c1ccccc1O)c1cc(-c2ccccc2)nc2ccccc12. The monoisotopic (exact) mass is 367 g/mol. The van der Waals surface area contributed by atoms with Gasteiger partial charge in [0.25, 0.3) is 5.91 Å². The minimum absolute atomic E-state index is 0.0984. The molecule has 0 aliphatic heterocycles. The Morgan fingerprint density at radius 3 is 2.46 bits per heavy atom. The number of phenolic OH excluding ortho intramolecular Hbond substituents is 1. The molecule has 4 rings (SSSR count). The average molecular weight is 367 g/mol. The standard InChI is InChI=1S/C23H17N3O2/c27-22-13-7-4-10-17(22)15-24-26-23(28)19-14-21(16-8-2-1-3-9-16)25-20-12-6-5-11-18(19)20/h1-15,27H,(H,26,28)/b24-15-. The van der Waals surface area contributed by atoms with Crippen LogP contribution < -0.4 is 5.43 Å². The molecule has 5 heteroatoms. The van der Waals surface area contributed by atoms with Gasteiger partial charge in [0, 0.05) is 16.5 Å². The number of hydrogen-bond donors (Lipinski definition) is 2. The molecule has 0 aliphatic rings. The minimum atomic E-state index is -0.345. The lowest BCUT2D eigenvalue weighted by Gasteiger charge is -2.09. The van der Waals surface area contributed by atoms with Gasteiger partial charge >= 0.3 is 0 Å². The van der Waals surface area contributed by atoms with Crippen LogP contribution in [-0.2, 0) is 0 Å². The Balaban J connectivity index is 1.69. The predicted molar refractivity (Wildman–Crippen MR) is 110 cm³/mol. The Hall–Kier alpha value is -3.99. The third-order valence-corrected chi connectivity index (χ3v) is 4.34. The smallest absolute Gasteiger partial charge is 0.272 e. The molecule has 5 nitrogen and oxygen atoms in total. The molecule has 4 aromatic rings. The second-order valence-electron chi connectivity index (χ2n) is 6.20. The number of fused-ring (bicyclic) bond motifs is 1. The van der Waals surface area contributed by atoms with Crippen molar-refractivity contribution in [3.8, 4) is 17.0 Å². The molecule has 0 radical (unpaired) electrons. The highest BCUT2D eigenvalue weighted by molar-refractivity contribution is 6.07. The summed E-state index contributed by atoms with van der Waals surface area (Å²) < 4.78 is 0. The number of para-hydroxylation sites is 2. The molecule has 3 aromatic carbocycles. The highest BCUT2D eigenvalue weighted by Gasteiger charge is 2.13. The number of benzene rings is 3. The Kier molecular flexibility index (Phi) is 4.80. The van der Waals surface area contributed by atoms with Crippen molar-refractivity contribution in [1.82, 2.24) is 10.4 Å². The molecule has 0 atom stereocenters. The van der Waals surface area contributed by atoms with Crippen LogP contribution in [-0.4, -0.2) is 22.2 Å². The number of rotatable bonds is 4. The summed E-state index contributed by atoms with van der Waals surface area (Å²) in [4.78, 5) is 17.5. The maximum atomic E-state index is 12.8. The summed E-state index contributed by atoms with van der Waals surface area (Å²) in [6, 6.07) is 25.7. The highest BCUT2D eigenvalue weighted by atomic mass is 16.3. The summed E-state index contributed by atoms with van der Waals surface area (Å²) in [6.45, 7) is 0. The van der Waals surface area contributed by atoms with Crippen molar-refractivity contribution in [1.29, 1.82) is 0 Å². The number of hydrogen-bond acceptors (Lipinski definition) is 4. The van der Waals surface area contributed by atoms with Crippen LogP contribution in [0.3, 0.4) is 0 Å². The molecule has 0 saturated heterocycles. The van der Waals surface area contributed by atoms with Crippen molar-refractivity contribution < 1.29 is 9.90 Å². The van der Waals surface area contributed by atoms with Crippen LogP contribution in [0.1, 0.15) is 15.9 Å². The van der Waals surface area contributed by atoms with Gasteiger partial charge < -0.3 is 5.11 Å². The molecule has 0 spiro atoms. The van der Waals surface area contributed by atoms with Gasteiger partial charge in [0.05, 0.1) is 23.0 Å². The van der Waals surface area contributed by atoms with Gasteiger partial charge in [-0.15, -0.1) is 0 Å². The number of phenols is 1. The predicted octanol–water partition coefficient (Wildman–Crippen LogP) is 4.37. The number of aromatic nitrogens is 1. The number of carbonyl (C=O) groups excluding carboxylic acids is 1. The Labute approximate surface area is 162 Å². The van der Waals surface area contributed by atoms with Crippen LogP contribution in [0.25, 0.3) is 22.2 Å². The summed E-state index contributed by atoms with van der Waals surface area (Å²) in [7, 11) is 0. The van der Waals surface area contributed by atoms with Crippen LogP contribution in [0.2, 0.25) is 0 Å². The van der Waals surface area contributed by atoms with E-state index in [1.807, 2.05) is 54.6 Å². The molecule has 0 fully saturated rings. The Bertz CT molecular complexity index is 1170. The van der Waals surface area contributed by atoms with Crippen molar-refractivity contribution >= 4 is 23.0 Å². The zero-order chi connectivity index (χ0) is 19.3. The first-order valence-corrected chi connectivity index (χ1v) is 8.79. The number of nitrogens with one attached hydrogen (secondary N) is 1. The van der Waals surface area contributed by atoms with Crippen molar-refractivity contribution in [3.63, 3.8) is 0 Å². The van der Waals surface area contributed by atoms with Crippen LogP contribution >= 0.6 is 0 Å². The van der Waals surface area contributed by atoms with Gasteiger partial charge in [-0.05, 0) is 24.3 Å². The third-order valence-electron chi connectivity index (χ3n) is 4.34. The fourth-order valence-corrected chi connectivity index (χ4v) is 2.94. The Morgan fingerprint density at radius 2 is 1.64 bits per heavy atom. The topological polar surface area (TPSA) is 74.6 Å². The molecule has 1 aromatic heterocycles. The molecule has 0 bridgehead atoms.